The van der Waals surface area contributed by atoms with Crippen LogP contribution in [0.5, 0.6) is 0 Å². The van der Waals surface area contributed by atoms with Crippen molar-refractivity contribution in [1.82, 2.24) is 14.7 Å². The zero-order valence-corrected chi connectivity index (χ0v) is 14.1. The molecule has 0 bridgehead atoms. The van der Waals surface area contributed by atoms with Crippen molar-refractivity contribution in [2.24, 2.45) is 0 Å². The summed E-state index contributed by atoms with van der Waals surface area (Å²) in [5.74, 6) is 0.334. The molecule has 23 heavy (non-hydrogen) atoms. The number of hydrogen-bond donors (Lipinski definition) is 1. The van der Waals surface area contributed by atoms with Crippen LogP contribution in [0.15, 0.2) is 0 Å². The van der Waals surface area contributed by atoms with Gasteiger partial charge in [0.1, 0.15) is 0 Å². The average Bonchev–Trinajstić information content (AvgIpc) is 3.12. The summed E-state index contributed by atoms with van der Waals surface area (Å²) >= 11 is 0. The minimum Gasteiger partial charge on any atom is -0.390 e. The topological polar surface area (TPSA) is 64.1 Å². The average molecular weight is 323 g/mol. The molecule has 1 aliphatic carbocycles. The molecular formula is C17H29N3O3. The van der Waals surface area contributed by atoms with E-state index in [0.717, 1.165) is 51.7 Å². The predicted molar refractivity (Wildman–Crippen MR) is 86.8 cm³/mol. The zero-order valence-electron chi connectivity index (χ0n) is 14.1. The first kappa shape index (κ1) is 16.7. The van der Waals surface area contributed by atoms with Crippen LogP contribution in [0.4, 0.5) is 0 Å². The second-order valence-electron chi connectivity index (χ2n) is 7.29. The van der Waals surface area contributed by atoms with Gasteiger partial charge in [0, 0.05) is 51.6 Å². The number of carbonyl (C=O) groups is 2. The third-order valence-electron chi connectivity index (χ3n) is 5.35. The maximum atomic E-state index is 11.8. The van der Waals surface area contributed by atoms with Crippen LogP contribution in [0.2, 0.25) is 0 Å². The highest BCUT2D eigenvalue weighted by Gasteiger charge is 2.35. The van der Waals surface area contributed by atoms with Crippen molar-refractivity contribution in [3.8, 4) is 0 Å². The Morgan fingerprint density at radius 3 is 2.65 bits per heavy atom. The molecule has 3 fully saturated rings. The van der Waals surface area contributed by atoms with Gasteiger partial charge < -0.3 is 14.9 Å². The lowest BCUT2D eigenvalue weighted by atomic mass is 10.2. The number of carbonyl (C=O) groups excluding carboxylic acids is 2. The van der Waals surface area contributed by atoms with E-state index in [2.05, 4.69) is 4.90 Å². The van der Waals surface area contributed by atoms with Crippen molar-refractivity contribution in [3.05, 3.63) is 0 Å². The van der Waals surface area contributed by atoms with Gasteiger partial charge in [0.05, 0.1) is 6.10 Å². The standard InChI is InChI=1S/C17H29N3O3/c1-13(21)20(14-6-7-14)10-15-4-2-8-18(15)11-16(22)12-19-9-3-5-17(19)23/h14-16,22H,2-12H2,1H3/t15-,16-/m1/s1. The first-order chi connectivity index (χ1) is 11.0. The second kappa shape index (κ2) is 7.18. The van der Waals surface area contributed by atoms with Gasteiger partial charge in [-0.25, -0.2) is 0 Å². The highest BCUT2D eigenvalue weighted by molar-refractivity contribution is 5.78. The smallest absolute Gasteiger partial charge is 0.222 e. The van der Waals surface area contributed by atoms with Crippen LogP contribution in [0.25, 0.3) is 0 Å². The van der Waals surface area contributed by atoms with Gasteiger partial charge in [-0.3, -0.25) is 14.5 Å². The minimum atomic E-state index is -0.496. The molecule has 1 saturated carbocycles. The molecule has 0 unspecified atom stereocenters. The summed E-state index contributed by atoms with van der Waals surface area (Å²) in [6.07, 6.45) is 5.51. The van der Waals surface area contributed by atoms with Crippen molar-refractivity contribution in [2.45, 2.75) is 63.6 Å². The van der Waals surface area contributed by atoms with Gasteiger partial charge in [0.25, 0.3) is 0 Å². The summed E-state index contributed by atoms with van der Waals surface area (Å²) in [6.45, 7) is 5.25. The molecular weight excluding hydrogens is 294 g/mol. The van der Waals surface area contributed by atoms with E-state index >= 15 is 0 Å². The quantitative estimate of drug-likeness (QED) is 0.739. The van der Waals surface area contributed by atoms with Gasteiger partial charge >= 0.3 is 0 Å². The van der Waals surface area contributed by atoms with E-state index in [1.165, 1.54) is 0 Å². The third-order valence-corrected chi connectivity index (χ3v) is 5.35. The van der Waals surface area contributed by atoms with Crippen LogP contribution in [-0.2, 0) is 9.59 Å². The number of β-amino-alcohol motifs (C(OH)–C–C–N with tert-alkyl or cyclic N) is 1. The maximum absolute atomic E-state index is 11.8. The predicted octanol–water partition coefficient (Wildman–Crippen LogP) is 0.445. The van der Waals surface area contributed by atoms with E-state index in [-0.39, 0.29) is 11.8 Å². The van der Waals surface area contributed by atoms with Crippen molar-refractivity contribution >= 4 is 11.8 Å². The fourth-order valence-electron chi connectivity index (χ4n) is 3.97. The van der Waals surface area contributed by atoms with E-state index in [1.54, 1.807) is 11.8 Å². The van der Waals surface area contributed by atoms with Crippen LogP contribution in [0.1, 0.15) is 45.4 Å². The van der Waals surface area contributed by atoms with Crippen molar-refractivity contribution in [3.63, 3.8) is 0 Å². The third kappa shape index (κ3) is 4.23. The molecule has 6 heteroatoms. The molecule has 2 aliphatic heterocycles. The van der Waals surface area contributed by atoms with Crippen molar-refractivity contribution in [1.29, 1.82) is 0 Å². The SMILES string of the molecule is CC(=O)N(C[C@H]1CCCN1C[C@@H](O)CN1CCCC1=O)C1CC1. The molecule has 0 radical (unpaired) electrons. The normalized spacial score (nSPS) is 26.8. The number of hydrogen-bond acceptors (Lipinski definition) is 4. The van der Waals surface area contributed by atoms with E-state index in [4.69, 9.17) is 0 Å². The van der Waals surface area contributed by atoms with Gasteiger partial charge in [-0.05, 0) is 38.6 Å². The molecule has 2 saturated heterocycles. The number of aliphatic hydroxyl groups excluding tert-OH is 1. The Kier molecular flexibility index (Phi) is 5.21. The molecule has 0 aromatic heterocycles. The number of amides is 2. The number of aliphatic hydroxyl groups is 1. The van der Waals surface area contributed by atoms with E-state index in [0.29, 0.717) is 31.6 Å². The summed E-state index contributed by atoms with van der Waals surface area (Å²) in [7, 11) is 0. The largest absolute Gasteiger partial charge is 0.390 e. The Morgan fingerprint density at radius 2 is 2.04 bits per heavy atom. The highest BCUT2D eigenvalue weighted by Crippen LogP contribution is 2.29. The van der Waals surface area contributed by atoms with Gasteiger partial charge in [0.15, 0.2) is 0 Å². The van der Waals surface area contributed by atoms with Crippen LogP contribution in [-0.4, -0.2) is 82.5 Å². The molecule has 130 valence electrons. The molecule has 2 amide bonds. The first-order valence-electron chi connectivity index (χ1n) is 9.01. The molecule has 0 aromatic rings. The van der Waals surface area contributed by atoms with Crippen LogP contribution >= 0.6 is 0 Å². The second-order valence-corrected chi connectivity index (χ2v) is 7.29. The summed E-state index contributed by atoms with van der Waals surface area (Å²) in [6, 6.07) is 0.797. The van der Waals surface area contributed by atoms with Crippen molar-refractivity contribution in [2.75, 3.05) is 32.7 Å². The first-order valence-corrected chi connectivity index (χ1v) is 9.01. The Balaban J connectivity index is 1.49. The summed E-state index contributed by atoms with van der Waals surface area (Å²) in [5, 5.41) is 10.4. The highest BCUT2D eigenvalue weighted by atomic mass is 16.3. The van der Waals surface area contributed by atoms with Crippen LogP contribution < -0.4 is 0 Å². The van der Waals surface area contributed by atoms with E-state index in [9.17, 15) is 14.7 Å². The van der Waals surface area contributed by atoms with Gasteiger partial charge in [-0.15, -0.1) is 0 Å². The van der Waals surface area contributed by atoms with E-state index < -0.39 is 6.10 Å². The Labute approximate surface area is 138 Å². The molecule has 3 aliphatic rings. The Hall–Kier alpha value is -1.14. The molecule has 0 spiro atoms. The lowest BCUT2D eigenvalue weighted by molar-refractivity contribution is -0.131. The maximum Gasteiger partial charge on any atom is 0.222 e. The summed E-state index contributed by atoms with van der Waals surface area (Å²) < 4.78 is 0. The van der Waals surface area contributed by atoms with Gasteiger partial charge in [-0.1, -0.05) is 0 Å². The monoisotopic (exact) mass is 323 g/mol. The lowest BCUT2D eigenvalue weighted by Gasteiger charge is -2.32. The van der Waals surface area contributed by atoms with Crippen molar-refractivity contribution < 1.29 is 14.7 Å². The minimum absolute atomic E-state index is 0.165. The fourth-order valence-corrected chi connectivity index (χ4v) is 3.97. The zero-order chi connectivity index (χ0) is 16.4. The van der Waals surface area contributed by atoms with Crippen LogP contribution in [0.3, 0.4) is 0 Å². The van der Waals surface area contributed by atoms with Gasteiger partial charge in [0.2, 0.25) is 11.8 Å². The number of nitrogens with zero attached hydrogens (tertiary/aromatic N) is 3. The number of likely N-dealkylation sites (tertiary alicyclic amines) is 2. The molecule has 0 aromatic carbocycles. The summed E-state index contributed by atoms with van der Waals surface area (Å²) in [4.78, 5) is 29.6. The molecule has 3 rings (SSSR count). The van der Waals surface area contributed by atoms with Crippen LogP contribution in [0, 0.1) is 0 Å². The fraction of sp³-hybridized carbons (Fsp3) is 0.882. The Morgan fingerprint density at radius 1 is 1.26 bits per heavy atom. The molecule has 1 N–H and O–H groups in total. The van der Waals surface area contributed by atoms with E-state index in [1.807, 2.05) is 4.90 Å². The van der Waals surface area contributed by atoms with Gasteiger partial charge in [-0.2, -0.15) is 0 Å². The number of rotatable bonds is 7. The molecule has 6 nitrogen and oxygen atoms in total. The molecule has 2 atom stereocenters. The lowest BCUT2D eigenvalue weighted by Crippen LogP contribution is -2.47. The Bertz CT molecular complexity index is 452. The molecule has 2 heterocycles. The summed E-state index contributed by atoms with van der Waals surface area (Å²) in [5.41, 5.74) is 0.